The number of esters is 1. The molecule has 0 N–H and O–H groups in total. The maximum absolute atomic E-state index is 13.2. The fourth-order valence-corrected chi connectivity index (χ4v) is 3.47. The predicted molar refractivity (Wildman–Crippen MR) is 112 cm³/mol. The van der Waals surface area contributed by atoms with Crippen LogP contribution in [-0.2, 0) is 9.47 Å². The first-order chi connectivity index (χ1) is 15.2. The minimum atomic E-state index is -0.481. The summed E-state index contributed by atoms with van der Waals surface area (Å²) >= 11 is 0. The van der Waals surface area contributed by atoms with E-state index in [1.54, 1.807) is 11.0 Å². The molecule has 8 nitrogen and oxygen atoms in total. The number of para-hydroxylation sites is 1. The van der Waals surface area contributed by atoms with E-state index in [0.717, 1.165) is 5.69 Å². The Balaban J connectivity index is 1.42. The summed E-state index contributed by atoms with van der Waals surface area (Å²) in [6, 6.07) is 13.0. The van der Waals surface area contributed by atoms with E-state index in [1.807, 2.05) is 53.4 Å². The van der Waals surface area contributed by atoms with Gasteiger partial charge in [0.15, 0.2) is 0 Å². The van der Waals surface area contributed by atoms with Gasteiger partial charge in [-0.05, 0) is 30.3 Å². The van der Waals surface area contributed by atoms with Gasteiger partial charge in [-0.1, -0.05) is 12.1 Å². The molecule has 1 unspecified atom stereocenters. The molecule has 8 heteroatoms. The molecule has 0 saturated carbocycles. The smallest absolute Gasteiger partial charge is 0.339 e. The van der Waals surface area contributed by atoms with Crippen molar-refractivity contribution < 1.29 is 23.8 Å². The standard InChI is InChI=1S/C23H23N3O5/c1-29-23(28)17-12-18(14-24-13-17)31-16-19-15-26(10-11-30-19)22(27)20-6-2-3-7-21(20)25-8-4-5-9-25/h2-9,12-14,19H,10-11,15-16H2,1H3. The molecular formula is C23H23N3O5. The van der Waals surface area contributed by atoms with Crippen LogP contribution in [0.2, 0.25) is 0 Å². The number of amides is 1. The molecule has 1 atom stereocenters. The van der Waals surface area contributed by atoms with Crippen molar-refractivity contribution in [2.24, 2.45) is 0 Å². The molecule has 0 spiro atoms. The van der Waals surface area contributed by atoms with Crippen molar-refractivity contribution in [1.82, 2.24) is 14.5 Å². The molecule has 0 radical (unpaired) electrons. The molecule has 1 aliphatic heterocycles. The highest BCUT2D eigenvalue weighted by molar-refractivity contribution is 5.98. The predicted octanol–water partition coefficient (Wildman–Crippen LogP) is 2.58. The molecule has 1 amide bonds. The van der Waals surface area contributed by atoms with Crippen LogP contribution in [0.1, 0.15) is 20.7 Å². The first-order valence-electron chi connectivity index (χ1n) is 9.95. The topological polar surface area (TPSA) is 82.9 Å². The van der Waals surface area contributed by atoms with E-state index in [1.165, 1.54) is 19.5 Å². The van der Waals surface area contributed by atoms with E-state index in [9.17, 15) is 9.59 Å². The summed E-state index contributed by atoms with van der Waals surface area (Å²) in [7, 11) is 1.31. The zero-order chi connectivity index (χ0) is 21.6. The lowest BCUT2D eigenvalue weighted by atomic mass is 10.1. The van der Waals surface area contributed by atoms with Crippen LogP contribution in [0.5, 0.6) is 5.75 Å². The van der Waals surface area contributed by atoms with Crippen molar-refractivity contribution in [2.45, 2.75) is 6.10 Å². The van der Waals surface area contributed by atoms with E-state index in [-0.39, 0.29) is 18.6 Å². The average Bonchev–Trinajstić information content (AvgIpc) is 3.37. The average molecular weight is 421 g/mol. The number of hydrogen-bond donors (Lipinski definition) is 0. The fraction of sp³-hybridized carbons (Fsp3) is 0.261. The van der Waals surface area contributed by atoms with Crippen LogP contribution in [0.25, 0.3) is 5.69 Å². The lowest BCUT2D eigenvalue weighted by molar-refractivity contribution is -0.0401. The molecule has 1 saturated heterocycles. The molecule has 3 aromatic rings. The Morgan fingerprint density at radius 2 is 1.97 bits per heavy atom. The van der Waals surface area contributed by atoms with E-state index in [0.29, 0.717) is 36.6 Å². The number of pyridine rings is 1. The first kappa shape index (κ1) is 20.6. The number of carbonyl (C=O) groups is 2. The Kier molecular flexibility index (Phi) is 6.28. The first-order valence-corrected chi connectivity index (χ1v) is 9.95. The largest absolute Gasteiger partial charge is 0.489 e. The molecule has 1 aromatic carbocycles. The summed E-state index contributed by atoms with van der Waals surface area (Å²) in [5.74, 6) is -0.0927. The van der Waals surface area contributed by atoms with Gasteiger partial charge in [-0.15, -0.1) is 0 Å². The Bertz CT molecular complexity index is 1050. The molecule has 3 heterocycles. The van der Waals surface area contributed by atoms with Crippen LogP contribution in [0, 0.1) is 0 Å². The maximum atomic E-state index is 13.2. The van der Waals surface area contributed by atoms with Crippen molar-refractivity contribution in [3.8, 4) is 11.4 Å². The summed E-state index contributed by atoms with van der Waals surface area (Å²) in [4.78, 5) is 30.7. The van der Waals surface area contributed by atoms with Gasteiger partial charge in [-0.2, -0.15) is 0 Å². The van der Waals surface area contributed by atoms with Crippen LogP contribution >= 0.6 is 0 Å². The fourth-order valence-electron chi connectivity index (χ4n) is 3.47. The summed E-state index contributed by atoms with van der Waals surface area (Å²) in [6.45, 7) is 1.57. The van der Waals surface area contributed by atoms with E-state index in [2.05, 4.69) is 4.98 Å². The lowest BCUT2D eigenvalue weighted by Gasteiger charge is -2.33. The molecule has 160 valence electrons. The Labute approximate surface area is 180 Å². The normalized spacial score (nSPS) is 16.0. The van der Waals surface area contributed by atoms with Crippen LogP contribution in [0.3, 0.4) is 0 Å². The second-order valence-electron chi connectivity index (χ2n) is 7.06. The number of benzene rings is 1. The minimum Gasteiger partial charge on any atom is -0.489 e. The Morgan fingerprint density at radius 1 is 1.16 bits per heavy atom. The highest BCUT2D eigenvalue weighted by Gasteiger charge is 2.27. The summed E-state index contributed by atoms with van der Waals surface area (Å²) in [6.07, 6.45) is 6.47. The zero-order valence-corrected chi connectivity index (χ0v) is 17.1. The highest BCUT2D eigenvalue weighted by atomic mass is 16.5. The molecule has 2 aromatic heterocycles. The van der Waals surface area contributed by atoms with Crippen LogP contribution in [0.15, 0.2) is 67.3 Å². The van der Waals surface area contributed by atoms with Gasteiger partial charge < -0.3 is 23.7 Å². The minimum absolute atomic E-state index is 0.0491. The SMILES string of the molecule is COC(=O)c1cncc(OCC2CN(C(=O)c3ccccc3-n3cccc3)CCO2)c1. The van der Waals surface area contributed by atoms with E-state index >= 15 is 0 Å². The number of ether oxygens (including phenoxy) is 3. The Hall–Kier alpha value is -3.65. The maximum Gasteiger partial charge on any atom is 0.339 e. The van der Waals surface area contributed by atoms with Crippen molar-refractivity contribution in [3.05, 3.63) is 78.4 Å². The second-order valence-corrected chi connectivity index (χ2v) is 7.06. The van der Waals surface area contributed by atoms with E-state index < -0.39 is 5.97 Å². The molecule has 4 rings (SSSR count). The summed E-state index contributed by atoms with van der Waals surface area (Å²) in [5, 5.41) is 0. The van der Waals surface area contributed by atoms with Gasteiger partial charge in [0.2, 0.25) is 0 Å². The van der Waals surface area contributed by atoms with Gasteiger partial charge in [0.05, 0.1) is 43.3 Å². The number of hydrogen-bond acceptors (Lipinski definition) is 6. The van der Waals surface area contributed by atoms with Crippen LogP contribution in [0.4, 0.5) is 0 Å². The van der Waals surface area contributed by atoms with Gasteiger partial charge in [0.25, 0.3) is 5.91 Å². The van der Waals surface area contributed by atoms with Gasteiger partial charge >= 0.3 is 5.97 Å². The van der Waals surface area contributed by atoms with Gasteiger partial charge in [-0.25, -0.2) is 4.79 Å². The Morgan fingerprint density at radius 3 is 2.77 bits per heavy atom. The van der Waals surface area contributed by atoms with Crippen molar-refractivity contribution in [1.29, 1.82) is 0 Å². The molecule has 1 fully saturated rings. The number of methoxy groups -OCH3 is 1. The third kappa shape index (κ3) is 4.75. The summed E-state index contributed by atoms with van der Waals surface area (Å²) in [5.41, 5.74) is 1.78. The third-order valence-electron chi connectivity index (χ3n) is 5.01. The monoisotopic (exact) mass is 421 g/mol. The van der Waals surface area contributed by atoms with Gasteiger partial charge in [0, 0.05) is 25.1 Å². The zero-order valence-electron chi connectivity index (χ0n) is 17.1. The number of nitrogens with zero attached hydrogens (tertiary/aromatic N) is 3. The van der Waals surface area contributed by atoms with E-state index in [4.69, 9.17) is 14.2 Å². The summed E-state index contributed by atoms with van der Waals surface area (Å²) < 4.78 is 18.2. The van der Waals surface area contributed by atoms with Gasteiger partial charge in [0.1, 0.15) is 18.5 Å². The van der Waals surface area contributed by atoms with Crippen LogP contribution in [-0.4, -0.2) is 65.8 Å². The van der Waals surface area contributed by atoms with Crippen molar-refractivity contribution >= 4 is 11.9 Å². The van der Waals surface area contributed by atoms with Crippen molar-refractivity contribution in [2.75, 3.05) is 33.4 Å². The number of aromatic nitrogens is 2. The number of rotatable bonds is 6. The van der Waals surface area contributed by atoms with Crippen molar-refractivity contribution in [3.63, 3.8) is 0 Å². The molecule has 31 heavy (non-hydrogen) atoms. The number of morpholine rings is 1. The third-order valence-corrected chi connectivity index (χ3v) is 5.01. The molecular weight excluding hydrogens is 398 g/mol. The lowest BCUT2D eigenvalue weighted by Crippen LogP contribution is -2.47. The number of carbonyl (C=O) groups excluding carboxylic acids is 2. The molecule has 1 aliphatic rings. The highest BCUT2D eigenvalue weighted by Crippen LogP contribution is 2.19. The molecule has 0 aliphatic carbocycles. The van der Waals surface area contributed by atoms with Crippen LogP contribution < -0.4 is 4.74 Å². The second kappa shape index (κ2) is 9.44. The van der Waals surface area contributed by atoms with Gasteiger partial charge in [-0.3, -0.25) is 9.78 Å². The molecule has 0 bridgehead atoms. The quantitative estimate of drug-likeness (QED) is 0.569.